The molecule has 0 radical (unpaired) electrons. The van der Waals surface area contributed by atoms with E-state index in [0.29, 0.717) is 12.1 Å². The number of rotatable bonds is 7. The molecule has 0 aromatic heterocycles. The van der Waals surface area contributed by atoms with Gasteiger partial charge in [-0.15, -0.1) is 0 Å². The van der Waals surface area contributed by atoms with Gasteiger partial charge < -0.3 is 4.90 Å². The van der Waals surface area contributed by atoms with E-state index in [1.165, 1.54) is 18.4 Å². The van der Waals surface area contributed by atoms with E-state index in [2.05, 4.69) is 56.6 Å². The van der Waals surface area contributed by atoms with Gasteiger partial charge in [0.2, 0.25) is 0 Å². The highest BCUT2D eigenvalue weighted by molar-refractivity contribution is 5.94. The second kappa shape index (κ2) is 8.66. The number of carbonyl (C=O) groups is 1. The summed E-state index contributed by atoms with van der Waals surface area (Å²) in [5.74, 6) is 0.194. The van der Waals surface area contributed by atoms with Crippen molar-refractivity contribution in [2.45, 2.75) is 85.0 Å². The molecule has 0 unspecified atom stereocenters. The van der Waals surface area contributed by atoms with Gasteiger partial charge in [0.25, 0.3) is 5.91 Å². The highest BCUT2D eigenvalue weighted by atomic mass is 16.2. The highest BCUT2D eigenvalue weighted by Crippen LogP contribution is 2.26. The zero-order valence-corrected chi connectivity index (χ0v) is 16.1. The zero-order chi connectivity index (χ0) is 17.7. The summed E-state index contributed by atoms with van der Waals surface area (Å²) in [4.78, 5) is 17.5. The quantitative estimate of drug-likeness (QED) is 0.723. The molecule has 0 bridgehead atoms. The van der Waals surface area contributed by atoms with Crippen LogP contribution in [0, 0.1) is 0 Å². The van der Waals surface area contributed by atoms with Crippen LogP contribution in [0.4, 0.5) is 0 Å². The highest BCUT2D eigenvalue weighted by Gasteiger charge is 2.29. The summed E-state index contributed by atoms with van der Waals surface area (Å²) < 4.78 is 0. The molecule has 0 aliphatic heterocycles. The molecule has 1 aliphatic rings. The van der Waals surface area contributed by atoms with Gasteiger partial charge in [-0.2, -0.15) is 0 Å². The van der Waals surface area contributed by atoms with Crippen LogP contribution >= 0.6 is 0 Å². The molecule has 0 N–H and O–H groups in total. The Balaban J connectivity index is 2.09. The lowest BCUT2D eigenvalue weighted by atomic mass is 10.1. The second-order valence-electron chi connectivity index (χ2n) is 7.60. The molecule has 1 aromatic carbocycles. The van der Waals surface area contributed by atoms with E-state index >= 15 is 0 Å². The first-order valence-corrected chi connectivity index (χ1v) is 9.59. The summed E-state index contributed by atoms with van der Waals surface area (Å²) in [5, 5.41) is 0. The molecular formula is C21H34N2O. The zero-order valence-electron chi connectivity index (χ0n) is 16.1. The first kappa shape index (κ1) is 19.0. The predicted octanol–water partition coefficient (Wildman–Crippen LogP) is 4.71. The summed E-state index contributed by atoms with van der Waals surface area (Å²) in [6, 6.07) is 9.48. The summed E-state index contributed by atoms with van der Waals surface area (Å²) in [6.45, 7) is 12.9. The smallest absolute Gasteiger partial charge is 0.254 e. The van der Waals surface area contributed by atoms with Crippen LogP contribution < -0.4 is 0 Å². The minimum absolute atomic E-state index is 0.194. The maximum absolute atomic E-state index is 13.0. The van der Waals surface area contributed by atoms with E-state index in [0.717, 1.165) is 31.5 Å². The van der Waals surface area contributed by atoms with E-state index in [4.69, 9.17) is 0 Å². The van der Waals surface area contributed by atoms with Crippen molar-refractivity contribution in [3.8, 4) is 0 Å². The average Bonchev–Trinajstić information content (AvgIpc) is 3.06. The third kappa shape index (κ3) is 4.60. The van der Waals surface area contributed by atoms with Crippen LogP contribution in [-0.4, -0.2) is 40.4 Å². The summed E-state index contributed by atoms with van der Waals surface area (Å²) >= 11 is 0. The van der Waals surface area contributed by atoms with Crippen molar-refractivity contribution in [1.82, 2.24) is 9.80 Å². The average molecular weight is 331 g/mol. The fourth-order valence-corrected chi connectivity index (χ4v) is 3.80. The van der Waals surface area contributed by atoms with Crippen LogP contribution in [0.15, 0.2) is 24.3 Å². The third-order valence-corrected chi connectivity index (χ3v) is 5.23. The Kier molecular flexibility index (Phi) is 6.85. The maximum atomic E-state index is 13.0. The van der Waals surface area contributed by atoms with E-state index in [9.17, 15) is 4.79 Å². The normalized spacial score (nSPS) is 15.7. The first-order valence-electron chi connectivity index (χ1n) is 9.59. The van der Waals surface area contributed by atoms with Crippen LogP contribution in [0.5, 0.6) is 0 Å². The standard InChI is InChI=1S/C21H34N2O/c1-6-22(16(2)3)15-18-11-13-19(14-12-18)21(24)23(17(4)5)20-9-7-8-10-20/h11-14,16-17,20H,6-10,15H2,1-5H3. The van der Waals surface area contributed by atoms with Gasteiger partial charge in [0.15, 0.2) is 0 Å². The number of amides is 1. The van der Waals surface area contributed by atoms with Crippen LogP contribution in [0.2, 0.25) is 0 Å². The van der Waals surface area contributed by atoms with Gasteiger partial charge in [0.05, 0.1) is 0 Å². The Morgan fingerprint density at radius 1 is 1.04 bits per heavy atom. The van der Waals surface area contributed by atoms with Gasteiger partial charge in [0, 0.05) is 30.2 Å². The Labute approximate surface area is 148 Å². The molecule has 0 spiro atoms. The predicted molar refractivity (Wildman–Crippen MR) is 101 cm³/mol. The number of hydrogen-bond donors (Lipinski definition) is 0. The van der Waals surface area contributed by atoms with Crippen molar-refractivity contribution < 1.29 is 4.79 Å². The summed E-state index contributed by atoms with van der Waals surface area (Å²) in [5.41, 5.74) is 2.10. The molecule has 0 heterocycles. The lowest BCUT2D eigenvalue weighted by Crippen LogP contribution is -2.43. The number of nitrogens with zero attached hydrogens (tertiary/aromatic N) is 2. The number of carbonyl (C=O) groups excluding carboxylic acids is 1. The Morgan fingerprint density at radius 3 is 2.08 bits per heavy atom. The van der Waals surface area contributed by atoms with Gasteiger partial charge in [-0.3, -0.25) is 9.69 Å². The van der Waals surface area contributed by atoms with Crippen LogP contribution in [0.1, 0.15) is 76.2 Å². The molecule has 0 saturated heterocycles. The molecule has 0 atom stereocenters. The number of benzene rings is 1. The molecule has 1 amide bonds. The van der Waals surface area contributed by atoms with Crippen molar-refractivity contribution in [2.75, 3.05) is 6.54 Å². The van der Waals surface area contributed by atoms with Crippen molar-refractivity contribution >= 4 is 5.91 Å². The van der Waals surface area contributed by atoms with Crippen molar-refractivity contribution in [3.63, 3.8) is 0 Å². The van der Waals surface area contributed by atoms with E-state index in [-0.39, 0.29) is 11.9 Å². The van der Waals surface area contributed by atoms with Crippen LogP contribution in [-0.2, 0) is 6.54 Å². The molecule has 3 heteroatoms. The molecule has 24 heavy (non-hydrogen) atoms. The SMILES string of the molecule is CCN(Cc1ccc(C(=O)N(C(C)C)C2CCCC2)cc1)C(C)C. The van der Waals surface area contributed by atoms with Gasteiger partial charge in [-0.05, 0) is 64.8 Å². The monoisotopic (exact) mass is 330 g/mol. The van der Waals surface area contributed by atoms with Crippen molar-refractivity contribution in [1.29, 1.82) is 0 Å². The van der Waals surface area contributed by atoms with Crippen molar-refractivity contribution in [3.05, 3.63) is 35.4 Å². The third-order valence-electron chi connectivity index (χ3n) is 5.23. The Morgan fingerprint density at radius 2 is 1.62 bits per heavy atom. The maximum Gasteiger partial charge on any atom is 0.254 e. The lowest BCUT2D eigenvalue weighted by Gasteiger charge is -2.33. The second-order valence-corrected chi connectivity index (χ2v) is 7.60. The Bertz CT molecular complexity index is 515. The minimum atomic E-state index is 0.194. The van der Waals surface area contributed by atoms with Gasteiger partial charge in [0.1, 0.15) is 0 Å². The van der Waals surface area contributed by atoms with Crippen molar-refractivity contribution in [2.24, 2.45) is 0 Å². The van der Waals surface area contributed by atoms with E-state index < -0.39 is 0 Å². The lowest BCUT2D eigenvalue weighted by molar-refractivity contribution is 0.0613. The fourth-order valence-electron chi connectivity index (χ4n) is 3.80. The van der Waals surface area contributed by atoms with E-state index in [1.54, 1.807) is 0 Å². The number of hydrogen-bond acceptors (Lipinski definition) is 2. The molecule has 1 fully saturated rings. The molecule has 1 aromatic rings. The summed E-state index contributed by atoms with van der Waals surface area (Å²) in [6.07, 6.45) is 4.81. The Hall–Kier alpha value is -1.35. The topological polar surface area (TPSA) is 23.6 Å². The van der Waals surface area contributed by atoms with Gasteiger partial charge in [-0.25, -0.2) is 0 Å². The van der Waals surface area contributed by atoms with Gasteiger partial charge >= 0.3 is 0 Å². The molecule has 1 aliphatic carbocycles. The first-order chi connectivity index (χ1) is 11.4. The molecule has 1 saturated carbocycles. The molecule has 3 nitrogen and oxygen atoms in total. The van der Waals surface area contributed by atoms with Gasteiger partial charge in [-0.1, -0.05) is 31.9 Å². The van der Waals surface area contributed by atoms with Crippen LogP contribution in [0.25, 0.3) is 0 Å². The summed E-state index contributed by atoms with van der Waals surface area (Å²) in [7, 11) is 0. The minimum Gasteiger partial charge on any atom is -0.333 e. The van der Waals surface area contributed by atoms with E-state index in [1.807, 2.05) is 12.1 Å². The molecular weight excluding hydrogens is 296 g/mol. The molecule has 134 valence electrons. The largest absolute Gasteiger partial charge is 0.333 e. The fraction of sp³-hybridized carbons (Fsp3) is 0.667. The molecule has 2 rings (SSSR count). The van der Waals surface area contributed by atoms with Crippen LogP contribution in [0.3, 0.4) is 0 Å².